The zero-order valence-corrected chi connectivity index (χ0v) is 11.9. The smallest absolute Gasteiger partial charge is 0.358 e. The van der Waals surface area contributed by atoms with Gasteiger partial charge in [-0.25, -0.2) is 10.1 Å². The van der Waals surface area contributed by atoms with Crippen molar-refractivity contribution in [3.05, 3.63) is 39.9 Å². The van der Waals surface area contributed by atoms with E-state index >= 15 is 0 Å². The molecule has 20 heavy (non-hydrogen) atoms. The fourth-order valence-corrected chi connectivity index (χ4v) is 1.61. The van der Waals surface area contributed by atoms with Crippen LogP contribution in [0.1, 0.15) is 25.3 Å². The Bertz CT molecular complexity index is 474. The second-order valence-corrected chi connectivity index (χ2v) is 4.48. The van der Waals surface area contributed by atoms with Crippen LogP contribution in [-0.4, -0.2) is 31.3 Å². The SMILES string of the molecule is CO/C(=N/[N+](=O)[O-])NCCNc1cccc(C(C)C)c1. The van der Waals surface area contributed by atoms with Crippen molar-refractivity contribution in [1.82, 2.24) is 5.32 Å². The maximum atomic E-state index is 10.2. The molecule has 7 heteroatoms. The molecule has 0 aliphatic rings. The molecule has 0 amide bonds. The van der Waals surface area contributed by atoms with Crippen molar-refractivity contribution >= 4 is 11.7 Å². The quantitative estimate of drug-likeness (QED) is 0.273. The molecule has 0 aliphatic heterocycles. The number of benzene rings is 1. The first kappa shape index (κ1) is 15.7. The molecule has 0 bridgehead atoms. The molecule has 0 radical (unpaired) electrons. The molecule has 110 valence electrons. The Morgan fingerprint density at radius 3 is 2.80 bits per heavy atom. The normalized spacial score (nSPS) is 11.3. The van der Waals surface area contributed by atoms with Crippen LogP contribution in [0.3, 0.4) is 0 Å². The molecular weight excluding hydrogens is 260 g/mol. The summed E-state index contributed by atoms with van der Waals surface area (Å²) < 4.78 is 4.73. The van der Waals surface area contributed by atoms with E-state index < -0.39 is 5.03 Å². The average molecular weight is 280 g/mol. The highest BCUT2D eigenvalue weighted by Gasteiger charge is 2.03. The highest BCUT2D eigenvalue weighted by Crippen LogP contribution is 2.18. The lowest BCUT2D eigenvalue weighted by atomic mass is 10.0. The Labute approximate surface area is 118 Å². The lowest BCUT2D eigenvalue weighted by Crippen LogP contribution is -2.30. The third-order valence-corrected chi connectivity index (χ3v) is 2.65. The van der Waals surface area contributed by atoms with Gasteiger partial charge in [0.05, 0.1) is 7.11 Å². The summed E-state index contributed by atoms with van der Waals surface area (Å²) in [5.74, 6) is 0.474. The van der Waals surface area contributed by atoms with Gasteiger partial charge >= 0.3 is 6.02 Å². The van der Waals surface area contributed by atoms with Gasteiger partial charge in [-0.15, -0.1) is 0 Å². The van der Waals surface area contributed by atoms with E-state index in [1.807, 2.05) is 12.1 Å². The van der Waals surface area contributed by atoms with Crippen LogP contribution in [0.15, 0.2) is 29.4 Å². The monoisotopic (exact) mass is 280 g/mol. The molecule has 0 spiro atoms. The van der Waals surface area contributed by atoms with Crippen molar-refractivity contribution in [1.29, 1.82) is 0 Å². The van der Waals surface area contributed by atoms with Crippen molar-refractivity contribution in [3.63, 3.8) is 0 Å². The lowest BCUT2D eigenvalue weighted by molar-refractivity contribution is -0.486. The third-order valence-electron chi connectivity index (χ3n) is 2.65. The number of rotatable bonds is 6. The van der Waals surface area contributed by atoms with Gasteiger partial charge in [0, 0.05) is 18.8 Å². The largest absolute Gasteiger partial charge is 0.464 e. The molecule has 0 aliphatic carbocycles. The molecule has 1 aromatic carbocycles. The van der Waals surface area contributed by atoms with Crippen molar-refractivity contribution in [2.75, 3.05) is 25.5 Å². The summed E-state index contributed by atoms with van der Waals surface area (Å²) in [4.78, 5) is 10.2. The van der Waals surface area contributed by atoms with Gasteiger partial charge in [0.25, 0.3) is 0 Å². The predicted octanol–water partition coefficient (Wildman–Crippen LogP) is 2.01. The number of hydrogen-bond donors (Lipinski definition) is 2. The van der Waals surface area contributed by atoms with Gasteiger partial charge in [0.2, 0.25) is 0 Å². The summed E-state index contributed by atoms with van der Waals surface area (Å²) in [5.41, 5.74) is 2.28. The summed E-state index contributed by atoms with van der Waals surface area (Å²) in [7, 11) is 1.33. The van der Waals surface area contributed by atoms with E-state index in [9.17, 15) is 10.1 Å². The van der Waals surface area contributed by atoms with Crippen molar-refractivity contribution in [2.24, 2.45) is 5.10 Å². The number of methoxy groups -OCH3 is 1. The van der Waals surface area contributed by atoms with Gasteiger partial charge < -0.3 is 15.4 Å². The van der Waals surface area contributed by atoms with Crippen LogP contribution in [0.5, 0.6) is 0 Å². The number of amidine groups is 1. The zero-order valence-electron chi connectivity index (χ0n) is 11.9. The fourth-order valence-electron chi connectivity index (χ4n) is 1.61. The highest BCUT2D eigenvalue weighted by atomic mass is 16.7. The van der Waals surface area contributed by atoms with E-state index in [2.05, 4.69) is 41.7 Å². The first-order valence-electron chi connectivity index (χ1n) is 6.37. The first-order valence-corrected chi connectivity index (χ1v) is 6.37. The highest BCUT2D eigenvalue weighted by molar-refractivity contribution is 5.72. The summed E-state index contributed by atoms with van der Waals surface area (Å²) in [6.45, 7) is 5.34. The van der Waals surface area contributed by atoms with E-state index in [0.29, 0.717) is 19.0 Å². The molecule has 1 rings (SSSR count). The van der Waals surface area contributed by atoms with Crippen LogP contribution >= 0.6 is 0 Å². The molecule has 0 saturated heterocycles. The number of nitrogens with one attached hydrogen (secondary N) is 2. The molecule has 0 fully saturated rings. The second kappa shape index (κ2) is 7.98. The van der Waals surface area contributed by atoms with Crippen LogP contribution in [0, 0.1) is 10.1 Å². The zero-order chi connectivity index (χ0) is 15.0. The maximum absolute atomic E-state index is 10.2. The Morgan fingerprint density at radius 1 is 1.45 bits per heavy atom. The predicted molar refractivity (Wildman–Crippen MR) is 78.5 cm³/mol. The molecule has 2 N–H and O–H groups in total. The number of nitrogens with zero attached hydrogens (tertiary/aromatic N) is 2. The van der Waals surface area contributed by atoms with E-state index in [1.165, 1.54) is 12.7 Å². The second-order valence-electron chi connectivity index (χ2n) is 4.48. The number of hydrazone groups is 1. The standard InChI is InChI=1S/C13H20N4O3/c1-10(2)11-5-4-6-12(9-11)14-7-8-15-13(20-3)16-17(18)19/h4-6,9-10,14H,7-8H2,1-3H3,(H,15,16). The van der Waals surface area contributed by atoms with Crippen molar-refractivity contribution in [2.45, 2.75) is 19.8 Å². The fraction of sp³-hybridized carbons (Fsp3) is 0.462. The molecule has 0 atom stereocenters. The van der Waals surface area contributed by atoms with Gasteiger partial charge in [-0.05, 0) is 23.6 Å². The third kappa shape index (κ3) is 5.55. The number of hydrogen-bond acceptors (Lipinski definition) is 4. The van der Waals surface area contributed by atoms with Gasteiger partial charge in [0.15, 0.2) is 5.03 Å². The van der Waals surface area contributed by atoms with Crippen LogP contribution in [0.25, 0.3) is 0 Å². The molecular formula is C13H20N4O3. The van der Waals surface area contributed by atoms with Gasteiger partial charge in [-0.3, -0.25) is 0 Å². The minimum absolute atomic E-state index is 0.104. The first-order chi connectivity index (χ1) is 9.52. The van der Waals surface area contributed by atoms with Gasteiger partial charge in [0.1, 0.15) is 5.10 Å². The summed E-state index contributed by atoms with van der Waals surface area (Å²) >= 11 is 0. The van der Waals surface area contributed by atoms with Gasteiger partial charge in [-0.1, -0.05) is 26.0 Å². The van der Waals surface area contributed by atoms with Crippen molar-refractivity contribution < 1.29 is 9.77 Å². The number of nitro groups is 1. The summed E-state index contributed by atoms with van der Waals surface area (Å²) in [5, 5.41) is 18.4. The van der Waals surface area contributed by atoms with Crippen LogP contribution in [0.4, 0.5) is 5.69 Å². The molecule has 0 unspecified atom stereocenters. The molecule has 7 nitrogen and oxygen atoms in total. The molecule has 0 aromatic heterocycles. The Kier molecular flexibility index (Phi) is 6.28. The minimum atomic E-state index is -0.800. The average Bonchev–Trinajstić information content (AvgIpc) is 2.42. The van der Waals surface area contributed by atoms with Crippen molar-refractivity contribution in [3.8, 4) is 0 Å². The van der Waals surface area contributed by atoms with Crippen LogP contribution < -0.4 is 10.6 Å². The molecule has 1 aromatic rings. The topological polar surface area (TPSA) is 88.8 Å². The Balaban J connectivity index is 2.41. The van der Waals surface area contributed by atoms with E-state index in [1.54, 1.807) is 0 Å². The molecule has 0 saturated carbocycles. The maximum Gasteiger partial charge on any atom is 0.358 e. The summed E-state index contributed by atoms with van der Waals surface area (Å²) in [6, 6.07) is 8.05. The van der Waals surface area contributed by atoms with Gasteiger partial charge in [-0.2, -0.15) is 0 Å². The molecule has 0 heterocycles. The lowest BCUT2D eigenvalue weighted by Gasteiger charge is -2.11. The Hall–Kier alpha value is -2.31. The van der Waals surface area contributed by atoms with E-state index in [-0.39, 0.29) is 6.02 Å². The van der Waals surface area contributed by atoms with E-state index in [0.717, 1.165) is 5.69 Å². The number of ether oxygens (including phenoxy) is 1. The number of anilines is 1. The van der Waals surface area contributed by atoms with E-state index in [4.69, 9.17) is 4.74 Å². The van der Waals surface area contributed by atoms with Crippen LogP contribution in [0.2, 0.25) is 0 Å². The minimum Gasteiger partial charge on any atom is -0.464 e. The summed E-state index contributed by atoms with van der Waals surface area (Å²) in [6.07, 6.45) is 0. The van der Waals surface area contributed by atoms with Crippen LogP contribution in [-0.2, 0) is 4.74 Å². The Morgan fingerprint density at radius 2 is 2.20 bits per heavy atom.